The van der Waals surface area contributed by atoms with Gasteiger partial charge < -0.3 is 10.3 Å². The van der Waals surface area contributed by atoms with Gasteiger partial charge in [0.25, 0.3) is 0 Å². The van der Waals surface area contributed by atoms with Crippen LogP contribution in [0.2, 0.25) is 0 Å². The van der Waals surface area contributed by atoms with Gasteiger partial charge in [-0.1, -0.05) is 13.8 Å². The van der Waals surface area contributed by atoms with Crippen molar-refractivity contribution < 1.29 is 0 Å². The smallest absolute Gasteiger partial charge is 0.0668 e. The van der Waals surface area contributed by atoms with Crippen molar-refractivity contribution in [1.82, 2.24) is 9.55 Å². The lowest BCUT2D eigenvalue weighted by atomic mass is 9.74. The summed E-state index contributed by atoms with van der Waals surface area (Å²) in [7, 11) is 0. The SMILES string of the molecule is Cc1ccc(-n2c(C)cc3c2CC(C)(C)CC3N)c(C)n1. The Bertz CT molecular complexity index is 695. The maximum absolute atomic E-state index is 6.42. The largest absolute Gasteiger partial charge is 0.324 e. The molecule has 21 heavy (non-hydrogen) atoms. The number of pyridine rings is 1. The highest BCUT2D eigenvalue weighted by Gasteiger charge is 2.33. The fourth-order valence-corrected chi connectivity index (χ4v) is 3.70. The summed E-state index contributed by atoms with van der Waals surface area (Å²) in [6.45, 7) is 10.9. The van der Waals surface area contributed by atoms with Crippen LogP contribution in [0, 0.1) is 26.2 Å². The highest BCUT2D eigenvalue weighted by atomic mass is 15.0. The molecule has 1 unspecified atom stereocenters. The molecule has 0 bridgehead atoms. The summed E-state index contributed by atoms with van der Waals surface area (Å²) in [5.41, 5.74) is 13.9. The first kappa shape index (κ1) is 14.3. The van der Waals surface area contributed by atoms with Gasteiger partial charge in [0, 0.05) is 23.1 Å². The molecule has 0 amide bonds. The minimum Gasteiger partial charge on any atom is -0.324 e. The van der Waals surface area contributed by atoms with Crippen LogP contribution in [0.15, 0.2) is 18.2 Å². The predicted octanol–water partition coefficient (Wildman–Crippen LogP) is 3.77. The van der Waals surface area contributed by atoms with Gasteiger partial charge in [-0.15, -0.1) is 0 Å². The summed E-state index contributed by atoms with van der Waals surface area (Å²) in [6.07, 6.45) is 2.12. The molecule has 0 saturated carbocycles. The van der Waals surface area contributed by atoms with Crippen LogP contribution in [0.1, 0.15) is 54.6 Å². The molecule has 2 aromatic rings. The van der Waals surface area contributed by atoms with E-state index in [2.05, 4.69) is 55.4 Å². The lowest BCUT2D eigenvalue weighted by Gasteiger charge is -2.34. The fourth-order valence-electron chi connectivity index (χ4n) is 3.70. The third-order valence-electron chi connectivity index (χ3n) is 4.58. The molecule has 0 fully saturated rings. The molecular weight excluding hydrogens is 258 g/mol. The van der Waals surface area contributed by atoms with Gasteiger partial charge in [0.05, 0.1) is 11.4 Å². The molecule has 3 nitrogen and oxygen atoms in total. The molecule has 3 heteroatoms. The Morgan fingerprint density at radius 1 is 1.24 bits per heavy atom. The molecule has 1 aliphatic rings. The number of hydrogen-bond donors (Lipinski definition) is 1. The van der Waals surface area contributed by atoms with E-state index >= 15 is 0 Å². The van der Waals surface area contributed by atoms with Crippen molar-refractivity contribution >= 4 is 0 Å². The van der Waals surface area contributed by atoms with Crippen LogP contribution in [0.25, 0.3) is 5.69 Å². The summed E-state index contributed by atoms with van der Waals surface area (Å²) in [5, 5.41) is 0. The number of hydrogen-bond acceptors (Lipinski definition) is 2. The van der Waals surface area contributed by atoms with Crippen LogP contribution < -0.4 is 5.73 Å². The molecule has 2 heterocycles. The molecule has 1 aliphatic carbocycles. The maximum Gasteiger partial charge on any atom is 0.0668 e. The van der Waals surface area contributed by atoms with E-state index in [-0.39, 0.29) is 11.5 Å². The minimum atomic E-state index is 0.141. The Hall–Kier alpha value is -1.61. The van der Waals surface area contributed by atoms with E-state index in [4.69, 9.17) is 5.73 Å². The molecule has 2 aromatic heterocycles. The van der Waals surface area contributed by atoms with Gasteiger partial charge in [-0.05, 0) is 62.8 Å². The molecular formula is C18H25N3. The number of fused-ring (bicyclic) bond motifs is 1. The van der Waals surface area contributed by atoms with Crippen LogP contribution in [0.5, 0.6) is 0 Å². The quantitative estimate of drug-likeness (QED) is 0.865. The molecule has 3 rings (SSSR count). The summed E-state index contributed by atoms with van der Waals surface area (Å²) in [4.78, 5) is 4.62. The van der Waals surface area contributed by atoms with Gasteiger partial charge in [-0.2, -0.15) is 0 Å². The zero-order valence-corrected chi connectivity index (χ0v) is 13.7. The zero-order valence-electron chi connectivity index (χ0n) is 13.7. The van der Waals surface area contributed by atoms with E-state index in [9.17, 15) is 0 Å². The highest BCUT2D eigenvalue weighted by Crippen LogP contribution is 2.42. The van der Waals surface area contributed by atoms with E-state index in [1.165, 1.54) is 22.6 Å². The van der Waals surface area contributed by atoms with Crippen molar-refractivity contribution in [3.63, 3.8) is 0 Å². The van der Waals surface area contributed by atoms with Crippen LogP contribution in [-0.4, -0.2) is 9.55 Å². The number of nitrogens with two attached hydrogens (primary N) is 1. The normalized spacial score (nSPS) is 20.4. The molecule has 0 aromatic carbocycles. The van der Waals surface area contributed by atoms with Crippen molar-refractivity contribution in [1.29, 1.82) is 0 Å². The van der Waals surface area contributed by atoms with Gasteiger partial charge in [-0.3, -0.25) is 4.98 Å². The highest BCUT2D eigenvalue weighted by molar-refractivity contribution is 5.46. The third kappa shape index (κ3) is 2.40. The van der Waals surface area contributed by atoms with Gasteiger partial charge in [0.1, 0.15) is 0 Å². The van der Waals surface area contributed by atoms with E-state index in [1.54, 1.807) is 0 Å². The van der Waals surface area contributed by atoms with Gasteiger partial charge in [-0.25, -0.2) is 0 Å². The van der Waals surface area contributed by atoms with Gasteiger partial charge in [0.15, 0.2) is 0 Å². The summed E-state index contributed by atoms with van der Waals surface area (Å²) >= 11 is 0. The summed E-state index contributed by atoms with van der Waals surface area (Å²) < 4.78 is 2.36. The first-order valence-corrected chi connectivity index (χ1v) is 7.70. The van der Waals surface area contributed by atoms with E-state index in [0.29, 0.717) is 0 Å². The average molecular weight is 283 g/mol. The fraction of sp³-hybridized carbons (Fsp3) is 0.500. The van der Waals surface area contributed by atoms with Gasteiger partial charge >= 0.3 is 0 Å². The van der Waals surface area contributed by atoms with Crippen LogP contribution >= 0.6 is 0 Å². The predicted molar refractivity (Wildman–Crippen MR) is 86.8 cm³/mol. The molecule has 1 atom stereocenters. The van der Waals surface area contributed by atoms with Crippen molar-refractivity contribution in [3.8, 4) is 5.69 Å². The topological polar surface area (TPSA) is 43.8 Å². The first-order chi connectivity index (χ1) is 9.78. The number of aromatic nitrogens is 2. The summed E-state index contributed by atoms with van der Waals surface area (Å²) in [6, 6.07) is 6.66. The second-order valence-corrected chi connectivity index (χ2v) is 7.23. The van der Waals surface area contributed by atoms with E-state index in [1.807, 2.05) is 6.92 Å². The van der Waals surface area contributed by atoms with Crippen LogP contribution in [0.4, 0.5) is 0 Å². The van der Waals surface area contributed by atoms with E-state index < -0.39 is 0 Å². The standard InChI is InChI=1S/C18H25N3/c1-11-6-7-16(13(3)20-11)21-12(2)8-14-15(19)9-18(4,5)10-17(14)21/h6-8,15H,9-10,19H2,1-5H3. The lowest BCUT2D eigenvalue weighted by molar-refractivity contribution is 0.278. The molecule has 0 saturated heterocycles. The Balaban J connectivity index is 2.21. The number of aryl methyl sites for hydroxylation is 3. The monoisotopic (exact) mass is 283 g/mol. The Morgan fingerprint density at radius 2 is 1.95 bits per heavy atom. The lowest BCUT2D eigenvalue weighted by Crippen LogP contribution is -2.30. The molecule has 0 aliphatic heterocycles. The number of rotatable bonds is 1. The van der Waals surface area contributed by atoms with E-state index in [0.717, 1.165) is 24.2 Å². The van der Waals surface area contributed by atoms with Crippen LogP contribution in [0.3, 0.4) is 0 Å². The summed E-state index contributed by atoms with van der Waals surface area (Å²) in [5.74, 6) is 0. The molecule has 0 spiro atoms. The zero-order chi connectivity index (χ0) is 15.4. The Labute approximate surface area is 127 Å². The average Bonchev–Trinajstić information content (AvgIpc) is 2.65. The maximum atomic E-state index is 6.42. The van der Waals surface area contributed by atoms with Crippen LogP contribution in [-0.2, 0) is 6.42 Å². The Morgan fingerprint density at radius 3 is 2.62 bits per heavy atom. The molecule has 112 valence electrons. The van der Waals surface area contributed by atoms with Crippen molar-refractivity contribution in [2.24, 2.45) is 11.1 Å². The molecule has 0 radical (unpaired) electrons. The minimum absolute atomic E-state index is 0.141. The second-order valence-electron chi connectivity index (χ2n) is 7.23. The van der Waals surface area contributed by atoms with Gasteiger partial charge in [0.2, 0.25) is 0 Å². The molecule has 2 N–H and O–H groups in total. The second kappa shape index (κ2) is 4.70. The first-order valence-electron chi connectivity index (χ1n) is 7.70. The van der Waals surface area contributed by atoms with Crippen molar-refractivity contribution in [3.05, 3.63) is 46.5 Å². The van der Waals surface area contributed by atoms with Crippen molar-refractivity contribution in [2.45, 2.75) is 53.5 Å². The third-order valence-corrected chi connectivity index (χ3v) is 4.58. The Kier molecular flexibility index (Phi) is 3.21. The number of nitrogens with zero attached hydrogens (tertiary/aromatic N) is 2. The van der Waals surface area contributed by atoms with Crippen molar-refractivity contribution in [2.75, 3.05) is 0 Å².